The van der Waals surface area contributed by atoms with Crippen LogP contribution in [0.15, 0.2) is 42.5 Å². The number of nitrogens with zero attached hydrogens (tertiary/aromatic N) is 2. The first-order valence-electron chi connectivity index (χ1n) is 11.9. The molecule has 0 bridgehead atoms. The molecule has 0 atom stereocenters. The molecule has 1 saturated heterocycles. The van der Waals surface area contributed by atoms with Gasteiger partial charge in [-0.05, 0) is 62.6 Å². The number of likely N-dealkylation sites (tertiary alicyclic amines) is 1. The molecule has 2 amide bonds. The Balaban J connectivity index is 1.29. The molecule has 7 nitrogen and oxygen atoms in total. The normalized spacial score (nSPS) is 15.4. The van der Waals surface area contributed by atoms with Gasteiger partial charge in [0, 0.05) is 55.1 Å². The van der Waals surface area contributed by atoms with Crippen LogP contribution in [0, 0.1) is 5.92 Å². The van der Waals surface area contributed by atoms with Crippen LogP contribution in [0.3, 0.4) is 0 Å². The predicted molar refractivity (Wildman–Crippen MR) is 129 cm³/mol. The predicted octanol–water partition coefficient (Wildman–Crippen LogP) is 4.53. The van der Waals surface area contributed by atoms with E-state index in [1.165, 1.54) is 0 Å². The van der Waals surface area contributed by atoms with Gasteiger partial charge in [-0.3, -0.25) is 9.59 Å². The number of fused-ring (bicyclic) bond motifs is 1. The molecule has 7 heteroatoms. The summed E-state index contributed by atoms with van der Waals surface area (Å²) >= 11 is 0. The Morgan fingerprint density at radius 1 is 1.03 bits per heavy atom. The first-order valence-corrected chi connectivity index (χ1v) is 11.9. The summed E-state index contributed by atoms with van der Waals surface area (Å²) in [5.41, 5.74) is 2.55. The number of amides is 2. The van der Waals surface area contributed by atoms with Crippen molar-refractivity contribution in [2.24, 2.45) is 5.92 Å². The molecule has 2 aromatic carbocycles. The Hall–Kier alpha value is -3.22. The van der Waals surface area contributed by atoms with Crippen molar-refractivity contribution in [3.8, 4) is 11.5 Å². The quantitative estimate of drug-likeness (QED) is 0.638. The van der Waals surface area contributed by atoms with E-state index < -0.39 is 0 Å². The van der Waals surface area contributed by atoms with Gasteiger partial charge in [0.1, 0.15) is 0 Å². The SMILES string of the molecule is CCCCN(CC)c1ccc(C(=O)N2CCC(C(=O)Nc3ccc4c(c3)OCO4)CC2)cc1. The van der Waals surface area contributed by atoms with E-state index in [0.29, 0.717) is 48.7 Å². The fourth-order valence-electron chi connectivity index (χ4n) is 4.38. The number of hydrogen-bond acceptors (Lipinski definition) is 5. The van der Waals surface area contributed by atoms with Crippen molar-refractivity contribution in [3.63, 3.8) is 0 Å². The maximum Gasteiger partial charge on any atom is 0.253 e. The number of benzene rings is 2. The van der Waals surface area contributed by atoms with Crippen LogP contribution in [0.4, 0.5) is 11.4 Å². The highest BCUT2D eigenvalue weighted by atomic mass is 16.7. The van der Waals surface area contributed by atoms with E-state index in [0.717, 1.165) is 31.6 Å². The minimum absolute atomic E-state index is 0.0166. The molecule has 4 rings (SSSR count). The molecule has 1 fully saturated rings. The van der Waals surface area contributed by atoms with Crippen molar-refractivity contribution in [3.05, 3.63) is 48.0 Å². The third kappa shape index (κ3) is 5.41. The van der Waals surface area contributed by atoms with E-state index in [4.69, 9.17) is 9.47 Å². The summed E-state index contributed by atoms with van der Waals surface area (Å²) in [5, 5.41) is 2.97. The Morgan fingerprint density at radius 2 is 1.76 bits per heavy atom. The third-order valence-corrected chi connectivity index (χ3v) is 6.44. The molecule has 0 saturated carbocycles. The van der Waals surface area contributed by atoms with Crippen molar-refractivity contribution in [1.29, 1.82) is 0 Å². The Kier molecular flexibility index (Phi) is 7.37. The zero-order valence-electron chi connectivity index (χ0n) is 19.5. The molecule has 2 heterocycles. The molecule has 0 spiro atoms. The summed E-state index contributed by atoms with van der Waals surface area (Å²) in [4.78, 5) is 29.9. The highest BCUT2D eigenvalue weighted by molar-refractivity contribution is 5.95. The van der Waals surface area contributed by atoms with Gasteiger partial charge in [-0.15, -0.1) is 0 Å². The van der Waals surface area contributed by atoms with Crippen LogP contribution in [-0.4, -0.2) is 49.7 Å². The summed E-state index contributed by atoms with van der Waals surface area (Å²) in [6, 6.07) is 13.3. The van der Waals surface area contributed by atoms with Crippen molar-refractivity contribution in [1.82, 2.24) is 4.90 Å². The van der Waals surface area contributed by atoms with Gasteiger partial charge in [0.05, 0.1) is 0 Å². The van der Waals surface area contributed by atoms with Gasteiger partial charge in [0.25, 0.3) is 5.91 Å². The average molecular weight is 452 g/mol. The second-order valence-electron chi connectivity index (χ2n) is 8.60. The Labute approximate surface area is 195 Å². The van der Waals surface area contributed by atoms with E-state index in [9.17, 15) is 9.59 Å². The maximum atomic E-state index is 13.0. The first kappa shape index (κ1) is 23.0. The van der Waals surface area contributed by atoms with Gasteiger partial charge < -0.3 is 24.6 Å². The van der Waals surface area contributed by atoms with Gasteiger partial charge in [0.2, 0.25) is 12.7 Å². The number of carbonyl (C=O) groups excluding carboxylic acids is 2. The number of rotatable bonds is 8. The molecular weight excluding hydrogens is 418 g/mol. The number of carbonyl (C=O) groups is 2. The number of hydrogen-bond donors (Lipinski definition) is 1. The second kappa shape index (κ2) is 10.6. The zero-order valence-corrected chi connectivity index (χ0v) is 19.5. The Bertz CT molecular complexity index is 968. The monoisotopic (exact) mass is 451 g/mol. The summed E-state index contributed by atoms with van der Waals surface area (Å²) in [5.74, 6) is 1.24. The maximum absolute atomic E-state index is 13.0. The van der Waals surface area contributed by atoms with Gasteiger partial charge >= 0.3 is 0 Å². The van der Waals surface area contributed by atoms with Crippen molar-refractivity contribution in [2.45, 2.75) is 39.5 Å². The van der Waals surface area contributed by atoms with E-state index in [2.05, 4.69) is 24.1 Å². The largest absolute Gasteiger partial charge is 0.454 e. The van der Waals surface area contributed by atoms with Gasteiger partial charge in [0.15, 0.2) is 11.5 Å². The van der Waals surface area contributed by atoms with Crippen LogP contribution in [0.5, 0.6) is 11.5 Å². The van der Waals surface area contributed by atoms with Gasteiger partial charge in [-0.25, -0.2) is 0 Å². The number of piperidine rings is 1. The lowest BCUT2D eigenvalue weighted by molar-refractivity contribution is -0.121. The molecular formula is C26H33N3O4. The van der Waals surface area contributed by atoms with E-state index in [1.807, 2.05) is 35.2 Å². The van der Waals surface area contributed by atoms with Crippen molar-refractivity contribution >= 4 is 23.2 Å². The van der Waals surface area contributed by atoms with Crippen molar-refractivity contribution in [2.75, 3.05) is 43.2 Å². The number of nitrogens with one attached hydrogen (secondary N) is 1. The molecule has 2 aromatic rings. The van der Waals surface area contributed by atoms with Gasteiger partial charge in [-0.2, -0.15) is 0 Å². The first-order chi connectivity index (χ1) is 16.1. The lowest BCUT2D eigenvalue weighted by Gasteiger charge is -2.31. The van der Waals surface area contributed by atoms with Crippen LogP contribution in [0.25, 0.3) is 0 Å². The fourth-order valence-corrected chi connectivity index (χ4v) is 4.38. The number of unbranched alkanes of at least 4 members (excludes halogenated alkanes) is 1. The minimum Gasteiger partial charge on any atom is -0.454 e. The highest BCUT2D eigenvalue weighted by Crippen LogP contribution is 2.34. The van der Waals surface area contributed by atoms with Crippen molar-refractivity contribution < 1.29 is 19.1 Å². The van der Waals surface area contributed by atoms with E-state index in [-0.39, 0.29) is 24.5 Å². The molecule has 176 valence electrons. The average Bonchev–Trinajstić information content (AvgIpc) is 3.32. The van der Waals surface area contributed by atoms with Crippen LogP contribution in [-0.2, 0) is 4.79 Å². The minimum atomic E-state index is -0.112. The van der Waals surface area contributed by atoms with E-state index >= 15 is 0 Å². The summed E-state index contributed by atoms with van der Waals surface area (Å²) < 4.78 is 10.7. The smallest absolute Gasteiger partial charge is 0.253 e. The molecule has 0 radical (unpaired) electrons. The molecule has 2 aliphatic rings. The summed E-state index contributed by atoms with van der Waals surface area (Å²) in [7, 11) is 0. The van der Waals surface area contributed by atoms with Crippen LogP contribution >= 0.6 is 0 Å². The van der Waals surface area contributed by atoms with E-state index in [1.54, 1.807) is 12.1 Å². The second-order valence-corrected chi connectivity index (χ2v) is 8.60. The van der Waals surface area contributed by atoms with Crippen LogP contribution < -0.4 is 19.7 Å². The third-order valence-electron chi connectivity index (χ3n) is 6.44. The molecule has 0 aromatic heterocycles. The molecule has 2 aliphatic heterocycles. The van der Waals surface area contributed by atoms with Crippen LogP contribution in [0.1, 0.15) is 49.9 Å². The molecule has 33 heavy (non-hydrogen) atoms. The number of anilines is 2. The summed E-state index contributed by atoms with van der Waals surface area (Å²) in [6.07, 6.45) is 3.63. The number of ether oxygens (including phenoxy) is 2. The topological polar surface area (TPSA) is 71.1 Å². The standard InChI is InChI=1S/C26H33N3O4/c1-3-5-14-28(4-2)22-9-6-20(7-10-22)26(31)29-15-12-19(13-16-29)25(30)27-21-8-11-23-24(17-21)33-18-32-23/h6-11,17,19H,3-5,12-16,18H2,1-2H3,(H,27,30). The lowest BCUT2D eigenvalue weighted by atomic mass is 9.95. The fraction of sp³-hybridized carbons (Fsp3) is 0.462. The molecule has 0 unspecified atom stereocenters. The highest BCUT2D eigenvalue weighted by Gasteiger charge is 2.28. The molecule has 0 aliphatic carbocycles. The zero-order chi connectivity index (χ0) is 23.2. The van der Waals surface area contributed by atoms with Gasteiger partial charge in [-0.1, -0.05) is 13.3 Å². The molecule has 1 N–H and O–H groups in total. The van der Waals surface area contributed by atoms with Crippen LogP contribution in [0.2, 0.25) is 0 Å². The lowest BCUT2D eigenvalue weighted by Crippen LogP contribution is -2.41. The summed E-state index contributed by atoms with van der Waals surface area (Å²) in [6.45, 7) is 7.70. The Morgan fingerprint density at radius 3 is 2.45 bits per heavy atom.